The molecule has 0 spiro atoms. The molecule has 0 aliphatic carbocycles. The first kappa shape index (κ1) is 35.5. The Labute approximate surface area is 353 Å². The van der Waals surface area contributed by atoms with Crippen molar-refractivity contribution in [3.05, 3.63) is 202 Å². The second-order valence-corrected chi connectivity index (χ2v) is 16.2. The Morgan fingerprint density at radius 2 is 1.36 bits per heavy atom. The van der Waals surface area contributed by atoms with E-state index in [0.717, 1.165) is 90.9 Å². The minimum atomic E-state index is 0.601. The fraction of sp³-hybridized carbons (Fsp3) is 0.0962. The topological polar surface area (TPSA) is 49.3 Å². The zero-order valence-electron chi connectivity index (χ0n) is 32.3. The van der Waals surface area contributed by atoms with Gasteiger partial charge in [-0.25, -0.2) is 0 Å². The van der Waals surface area contributed by atoms with E-state index in [1.54, 1.807) is 0 Å². The summed E-state index contributed by atoms with van der Waals surface area (Å²) in [6.07, 6.45) is 9.96. The van der Waals surface area contributed by atoms with Gasteiger partial charge in [-0.2, -0.15) is 0 Å². The Hall–Kier alpha value is -6.62. The molecule has 4 aliphatic heterocycles. The van der Waals surface area contributed by atoms with E-state index >= 15 is 0 Å². The first-order valence-electron chi connectivity index (χ1n) is 20.0. The molecular weight excluding hydrogens is 906 g/mol. The molecule has 0 fully saturated rings. The Morgan fingerprint density at radius 1 is 0.610 bits per heavy atom. The second kappa shape index (κ2) is 14.6. The van der Waals surface area contributed by atoms with Crippen molar-refractivity contribution >= 4 is 27.3 Å². The number of pyridine rings is 1. The van der Waals surface area contributed by atoms with Crippen molar-refractivity contribution in [3.8, 4) is 45.3 Å². The predicted molar refractivity (Wildman–Crippen MR) is 231 cm³/mol. The number of imidazole rings is 1. The monoisotopic (exact) mass is 942 g/mol. The summed E-state index contributed by atoms with van der Waals surface area (Å²) in [4.78, 5) is 10.0. The first-order chi connectivity index (χ1) is 29.0. The quantitative estimate of drug-likeness (QED) is 0.156. The Morgan fingerprint density at radius 3 is 2.14 bits per heavy atom. The van der Waals surface area contributed by atoms with E-state index in [-0.39, 0.29) is 0 Å². The van der Waals surface area contributed by atoms with Crippen LogP contribution >= 0.6 is 0 Å². The molecule has 288 valence electrons. The third kappa shape index (κ3) is 6.45. The number of aromatic nitrogens is 5. The smallest absolute Gasteiger partial charge is 0.0622 e. The number of ether oxygens (including phenoxy) is 1. The van der Waals surface area contributed by atoms with Crippen molar-refractivity contribution in [2.75, 3.05) is 0 Å². The van der Waals surface area contributed by atoms with Crippen LogP contribution < -0.4 is 4.74 Å². The second-order valence-electron chi connectivity index (χ2n) is 15.2. The van der Waals surface area contributed by atoms with E-state index in [2.05, 4.69) is 180 Å². The van der Waals surface area contributed by atoms with Gasteiger partial charge >= 0.3 is 247 Å². The van der Waals surface area contributed by atoms with Crippen molar-refractivity contribution in [2.45, 2.75) is 32.6 Å². The minimum Gasteiger partial charge on any atom is -0.0622 e. The first-order valence-corrected chi connectivity index (χ1v) is 21.1. The number of rotatable bonds is 6. The maximum absolute atomic E-state index is 6.64. The van der Waals surface area contributed by atoms with Crippen LogP contribution in [0.25, 0.3) is 61.1 Å². The van der Waals surface area contributed by atoms with Crippen molar-refractivity contribution in [1.82, 2.24) is 23.5 Å². The van der Waals surface area contributed by atoms with E-state index in [1.807, 2.05) is 30.5 Å². The van der Waals surface area contributed by atoms with E-state index in [0.29, 0.717) is 11.5 Å². The Kier molecular flexibility index (Phi) is 8.82. The van der Waals surface area contributed by atoms with Gasteiger partial charge in [-0.15, -0.1) is 0 Å². The molecule has 7 heteroatoms. The summed E-state index contributed by atoms with van der Waals surface area (Å²) in [5.74, 6) is 3.09. The summed E-state index contributed by atoms with van der Waals surface area (Å²) >= 11 is 2.43. The summed E-state index contributed by atoms with van der Waals surface area (Å²) in [5.41, 5.74) is 13.7. The van der Waals surface area contributed by atoms with Gasteiger partial charge in [0.05, 0.1) is 0 Å². The van der Waals surface area contributed by atoms with E-state index in [9.17, 15) is 0 Å². The number of fused-ring (bicyclic) bond motifs is 3. The van der Waals surface area contributed by atoms with Crippen LogP contribution in [0.5, 0.6) is 11.5 Å². The standard InChI is InChI=1S/C52H37N5O.Pt/c1-35-27-52(54-32-47(35)39-11-6-3-7-12-39)57-48-25-22-40(38-9-4-2-5-10-38)28-46(48)45-24-23-44(30-49(45)57)58-43-14-8-13-42(29-43)55-33-50-41-21-19-36-15-17-37(18-16-36)20-26-51(53-31-41)56(50)34-55;/h2-18,22-25,27-28,31-33H,19-21,26H2,1H3;/q-2;. The van der Waals surface area contributed by atoms with Crippen LogP contribution in [0.4, 0.5) is 0 Å². The van der Waals surface area contributed by atoms with Gasteiger partial charge in [0.15, 0.2) is 0 Å². The Balaban J connectivity index is 0.991. The molecule has 8 heterocycles. The molecule has 0 radical (unpaired) electrons. The summed E-state index contributed by atoms with van der Waals surface area (Å²) in [7, 11) is 0. The summed E-state index contributed by atoms with van der Waals surface area (Å²) in [6.45, 7) is 2.15. The van der Waals surface area contributed by atoms with Crippen molar-refractivity contribution in [2.24, 2.45) is 0 Å². The summed E-state index contributed by atoms with van der Waals surface area (Å²) in [6, 6.07) is 56.3. The van der Waals surface area contributed by atoms with Crippen LogP contribution in [0, 0.1) is 22.9 Å². The molecule has 0 atom stereocenters. The molecule has 59 heavy (non-hydrogen) atoms. The number of aryl methyl sites for hydroxylation is 5. The zero-order valence-corrected chi connectivity index (χ0v) is 34.6. The van der Waals surface area contributed by atoms with Crippen LogP contribution in [0.2, 0.25) is 0 Å². The van der Waals surface area contributed by atoms with Crippen LogP contribution in [0.1, 0.15) is 28.1 Å². The fourth-order valence-electron chi connectivity index (χ4n) is 8.48. The molecule has 0 unspecified atom stereocenters. The average molecular weight is 943 g/mol. The third-order valence-corrected chi connectivity index (χ3v) is 12.6. The van der Waals surface area contributed by atoms with Gasteiger partial charge in [-0.3, -0.25) is 0 Å². The maximum atomic E-state index is 6.64. The van der Waals surface area contributed by atoms with Crippen molar-refractivity contribution in [3.63, 3.8) is 0 Å². The molecule has 4 aromatic heterocycles. The molecule has 0 saturated heterocycles. The van der Waals surface area contributed by atoms with Crippen molar-refractivity contribution in [1.29, 1.82) is 0 Å². The molecular formula is C52H37N5OPt-2. The van der Waals surface area contributed by atoms with E-state index < -0.39 is 0 Å². The van der Waals surface area contributed by atoms with E-state index in [1.165, 1.54) is 27.8 Å². The minimum absolute atomic E-state index is 0.601. The van der Waals surface area contributed by atoms with Gasteiger partial charge in [0.1, 0.15) is 0 Å². The van der Waals surface area contributed by atoms with Crippen LogP contribution in [0.15, 0.2) is 158 Å². The van der Waals surface area contributed by atoms with Gasteiger partial charge in [-0.05, 0) is 29.2 Å². The molecule has 6 nitrogen and oxygen atoms in total. The van der Waals surface area contributed by atoms with Gasteiger partial charge < -0.3 is 0 Å². The molecule has 6 aromatic carbocycles. The number of benzene rings is 6. The predicted octanol–water partition coefficient (Wildman–Crippen LogP) is 11.6. The summed E-state index contributed by atoms with van der Waals surface area (Å²) < 4.78 is 14.4. The average Bonchev–Trinajstić information content (AvgIpc) is 3.79. The van der Waals surface area contributed by atoms with E-state index in [4.69, 9.17) is 14.7 Å². The van der Waals surface area contributed by atoms with Gasteiger partial charge in [0.2, 0.25) is 0 Å². The molecule has 14 rings (SSSR count). The third-order valence-electron chi connectivity index (χ3n) is 11.5. The fourth-order valence-corrected chi connectivity index (χ4v) is 9.47. The molecule has 0 saturated carbocycles. The number of nitrogens with zero attached hydrogens (tertiary/aromatic N) is 5. The van der Waals surface area contributed by atoms with Gasteiger partial charge in [0.25, 0.3) is 0 Å². The zero-order chi connectivity index (χ0) is 39.5. The van der Waals surface area contributed by atoms with Crippen LogP contribution in [-0.2, 0) is 45.0 Å². The SMILES string of the molecule is Cc1cc(-n2c3[c-]c(Oc4[c-]c(-n5cc6c7cnc(n6[c]5=[Pt])CCc5ccc(cc5)CC7)ccc4)ccc3c3cc(-c4ccccc4)ccc32)ncc1-c1ccccc1. The van der Waals surface area contributed by atoms with Crippen LogP contribution in [0.3, 0.4) is 0 Å². The van der Waals surface area contributed by atoms with Crippen LogP contribution in [-0.4, -0.2) is 23.5 Å². The van der Waals surface area contributed by atoms with Gasteiger partial charge in [-0.1, -0.05) is 66.7 Å². The van der Waals surface area contributed by atoms with Crippen molar-refractivity contribution < 1.29 is 24.1 Å². The molecule has 0 amide bonds. The molecule has 0 N–H and O–H groups in total. The van der Waals surface area contributed by atoms with Gasteiger partial charge in [0, 0.05) is 11.8 Å². The molecule has 4 bridgehead atoms. The normalized spacial score (nSPS) is 12.7. The number of hydrogen-bond donors (Lipinski definition) is 0. The molecule has 4 aliphatic rings. The molecule has 10 aromatic rings. The number of hydrogen-bond acceptors (Lipinski definition) is 3. The Bertz CT molecular complexity index is 3270. The summed E-state index contributed by atoms with van der Waals surface area (Å²) in [5, 5.41) is 2.20.